The number of halogens is 2. The number of carbonyl (C=O) groups is 1. The van der Waals surface area contributed by atoms with Crippen molar-refractivity contribution in [1.82, 2.24) is 8.87 Å². The Bertz CT molecular complexity index is 1320. The van der Waals surface area contributed by atoms with Gasteiger partial charge in [0, 0.05) is 19.7 Å². The molecule has 1 amide bonds. The van der Waals surface area contributed by atoms with Crippen LogP contribution < -0.4 is 4.80 Å². The van der Waals surface area contributed by atoms with Crippen molar-refractivity contribution in [3.8, 4) is 0 Å². The average Bonchev–Trinajstić information content (AvgIpc) is 3.47. The van der Waals surface area contributed by atoms with Gasteiger partial charge in [-0.25, -0.2) is 12.8 Å². The van der Waals surface area contributed by atoms with E-state index in [1.807, 2.05) is 6.92 Å². The van der Waals surface area contributed by atoms with E-state index in [-0.39, 0.29) is 16.6 Å². The third kappa shape index (κ3) is 4.68. The van der Waals surface area contributed by atoms with Crippen molar-refractivity contribution in [3.05, 3.63) is 45.3 Å². The van der Waals surface area contributed by atoms with Crippen molar-refractivity contribution in [2.75, 3.05) is 19.8 Å². The number of rotatable bonds is 7. The maximum absolute atomic E-state index is 13.7. The standard InChI is InChI=1S/C20H21ClFN3O4S3/c1-2-29-11-10-24-14-6-5-13(22)12-16(14)30-20(24)23-19(26)15-4-3-9-25(15)32(27,28)18-8-7-17(21)31-18/h5-8,12,15H,2-4,9-11H2,1H3. The first-order chi connectivity index (χ1) is 15.3. The fourth-order valence-corrected chi connectivity index (χ4v) is 7.99. The first-order valence-electron chi connectivity index (χ1n) is 10.0. The minimum Gasteiger partial charge on any atom is -0.380 e. The van der Waals surface area contributed by atoms with E-state index >= 15 is 0 Å². The summed E-state index contributed by atoms with van der Waals surface area (Å²) >= 11 is 8.06. The average molecular weight is 518 g/mol. The Morgan fingerprint density at radius 3 is 2.84 bits per heavy atom. The van der Waals surface area contributed by atoms with Gasteiger partial charge in [-0.3, -0.25) is 4.79 Å². The summed E-state index contributed by atoms with van der Waals surface area (Å²) in [7, 11) is -3.85. The van der Waals surface area contributed by atoms with Gasteiger partial charge in [-0.15, -0.1) is 11.3 Å². The molecule has 1 aliphatic rings. The normalized spacial score (nSPS) is 18.1. The van der Waals surface area contributed by atoms with Gasteiger partial charge in [0.25, 0.3) is 15.9 Å². The van der Waals surface area contributed by atoms with Gasteiger partial charge < -0.3 is 9.30 Å². The Labute approximate surface area is 197 Å². The molecule has 3 aromatic rings. The third-order valence-corrected chi connectivity index (χ3v) is 9.76. The number of thiophene rings is 1. The number of benzene rings is 1. The molecule has 1 atom stereocenters. The third-order valence-electron chi connectivity index (χ3n) is 5.11. The number of hydrogen-bond acceptors (Lipinski definition) is 6. The van der Waals surface area contributed by atoms with Crippen LogP contribution in [0.1, 0.15) is 19.8 Å². The number of hydrogen-bond donors (Lipinski definition) is 0. The highest BCUT2D eigenvalue weighted by Crippen LogP contribution is 2.32. The highest BCUT2D eigenvalue weighted by molar-refractivity contribution is 7.91. The van der Waals surface area contributed by atoms with Crippen molar-refractivity contribution in [3.63, 3.8) is 0 Å². The molecule has 1 unspecified atom stereocenters. The van der Waals surface area contributed by atoms with Crippen LogP contribution in [0.4, 0.5) is 4.39 Å². The molecule has 1 aliphatic heterocycles. The molecule has 0 spiro atoms. The lowest BCUT2D eigenvalue weighted by Gasteiger charge is -2.20. The van der Waals surface area contributed by atoms with E-state index in [1.54, 1.807) is 10.6 Å². The molecular weight excluding hydrogens is 497 g/mol. The minimum absolute atomic E-state index is 0.103. The number of amides is 1. The second-order valence-corrected chi connectivity index (χ2v) is 12.0. The summed E-state index contributed by atoms with van der Waals surface area (Å²) in [4.78, 5) is 17.8. The summed E-state index contributed by atoms with van der Waals surface area (Å²) in [5, 5.41) is 0. The van der Waals surface area contributed by atoms with Gasteiger partial charge in [0.15, 0.2) is 4.80 Å². The lowest BCUT2D eigenvalue weighted by atomic mass is 10.2. The molecule has 2 aromatic heterocycles. The van der Waals surface area contributed by atoms with E-state index < -0.39 is 22.0 Å². The molecule has 0 N–H and O–H groups in total. The summed E-state index contributed by atoms with van der Waals surface area (Å²) < 4.78 is 49.4. The van der Waals surface area contributed by atoms with Crippen LogP contribution in [0.15, 0.2) is 39.5 Å². The SMILES string of the molecule is CCOCCn1c(=NC(=O)C2CCCN2S(=O)(=O)c2ccc(Cl)s2)sc2cc(F)ccc21. The molecule has 0 radical (unpaired) electrons. The second-order valence-electron chi connectivity index (χ2n) is 7.13. The zero-order valence-corrected chi connectivity index (χ0v) is 20.4. The van der Waals surface area contributed by atoms with Crippen LogP contribution in [0.3, 0.4) is 0 Å². The van der Waals surface area contributed by atoms with E-state index in [0.717, 1.165) is 16.9 Å². The molecule has 1 aromatic carbocycles. The number of sulfonamides is 1. The molecule has 4 rings (SSSR count). The van der Waals surface area contributed by atoms with E-state index in [1.165, 1.54) is 39.9 Å². The largest absolute Gasteiger partial charge is 0.380 e. The summed E-state index contributed by atoms with van der Waals surface area (Å²) in [5.74, 6) is -0.915. The summed E-state index contributed by atoms with van der Waals surface area (Å²) in [6.45, 7) is 3.52. The first-order valence-corrected chi connectivity index (χ1v) is 13.5. The van der Waals surface area contributed by atoms with Crippen LogP contribution in [-0.4, -0.2) is 49.0 Å². The van der Waals surface area contributed by atoms with E-state index in [2.05, 4.69) is 4.99 Å². The lowest BCUT2D eigenvalue weighted by Crippen LogP contribution is -2.40. The minimum atomic E-state index is -3.85. The molecule has 7 nitrogen and oxygen atoms in total. The highest BCUT2D eigenvalue weighted by Gasteiger charge is 2.40. The van der Waals surface area contributed by atoms with Gasteiger partial charge in [0.05, 0.1) is 21.2 Å². The van der Waals surface area contributed by atoms with Crippen LogP contribution in [-0.2, 0) is 26.1 Å². The molecule has 1 fully saturated rings. The topological polar surface area (TPSA) is 81.0 Å². The van der Waals surface area contributed by atoms with Crippen LogP contribution in [0.25, 0.3) is 10.2 Å². The molecule has 1 saturated heterocycles. The van der Waals surface area contributed by atoms with Gasteiger partial charge in [-0.2, -0.15) is 9.30 Å². The van der Waals surface area contributed by atoms with E-state index in [9.17, 15) is 17.6 Å². The van der Waals surface area contributed by atoms with Crippen molar-refractivity contribution < 1.29 is 22.3 Å². The Morgan fingerprint density at radius 1 is 1.31 bits per heavy atom. The Hall–Kier alpha value is -1.63. The Morgan fingerprint density at radius 2 is 2.12 bits per heavy atom. The van der Waals surface area contributed by atoms with Crippen LogP contribution in [0.5, 0.6) is 0 Å². The highest BCUT2D eigenvalue weighted by atomic mass is 35.5. The number of aromatic nitrogens is 1. The predicted molar refractivity (Wildman–Crippen MR) is 123 cm³/mol. The fraction of sp³-hybridized carbons (Fsp3) is 0.400. The van der Waals surface area contributed by atoms with Crippen molar-refractivity contribution in [2.45, 2.75) is 36.6 Å². The summed E-state index contributed by atoms with van der Waals surface area (Å²) in [6, 6.07) is 6.48. The summed E-state index contributed by atoms with van der Waals surface area (Å²) in [6.07, 6.45) is 0.950. The molecular formula is C20H21ClFN3O4S3. The predicted octanol–water partition coefficient (Wildman–Crippen LogP) is 3.87. The number of ether oxygens (including phenoxy) is 1. The smallest absolute Gasteiger partial charge is 0.266 e. The zero-order valence-electron chi connectivity index (χ0n) is 17.2. The van der Waals surface area contributed by atoms with Crippen LogP contribution in [0.2, 0.25) is 4.34 Å². The van der Waals surface area contributed by atoms with Crippen molar-refractivity contribution in [1.29, 1.82) is 0 Å². The molecule has 172 valence electrons. The van der Waals surface area contributed by atoms with E-state index in [0.29, 0.717) is 46.4 Å². The molecule has 12 heteroatoms. The molecule has 0 aliphatic carbocycles. The number of carbonyl (C=O) groups excluding carboxylic acids is 1. The molecule has 0 saturated carbocycles. The van der Waals surface area contributed by atoms with Gasteiger partial charge in [0.1, 0.15) is 16.1 Å². The molecule has 32 heavy (non-hydrogen) atoms. The zero-order chi connectivity index (χ0) is 22.9. The number of nitrogens with zero attached hydrogens (tertiary/aromatic N) is 3. The summed E-state index contributed by atoms with van der Waals surface area (Å²) in [5.41, 5.74) is 0.742. The maximum Gasteiger partial charge on any atom is 0.266 e. The second kappa shape index (κ2) is 9.70. The number of thiazole rings is 1. The van der Waals surface area contributed by atoms with Gasteiger partial charge in [-0.05, 0) is 50.1 Å². The van der Waals surface area contributed by atoms with Gasteiger partial charge in [0.2, 0.25) is 0 Å². The number of fused-ring (bicyclic) bond motifs is 1. The quantitative estimate of drug-likeness (QED) is 0.445. The first kappa shape index (κ1) is 23.5. The fourth-order valence-electron chi connectivity index (χ4n) is 3.64. The Kier molecular flexibility index (Phi) is 7.13. The monoisotopic (exact) mass is 517 g/mol. The van der Waals surface area contributed by atoms with E-state index in [4.69, 9.17) is 16.3 Å². The van der Waals surface area contributed by atoms with Gasteiger partial charge >= 0.3 is 0 Å². The maximum atomic E-state index is 13.7. The molecule has 3 heterocycles. The van der Waals surface area contributed by atoms with Crippen molar-refractivity contribution >= 4 is 60.4 Å². The lowest BCUT2D eigenvalue weighted by molar-refractivity contribution is -0.121. The van der Waals surface area contributed by atoms with Crippen LogP contribution >= 0.6 is 34.3 Å². The molecule has 0 bridgehead atoms. The van der Waals surface area contributed by atoms with Gasteiger partial charge in [-0.1, -0.05) is 22.9 Å². The van der Waals surface area contributed by atoms with Crippen LogP contribution in [0, 0.1) is 5.82 Å². The van der Waals surface area contributed by atoms with Crippen molar-refractivity contribution in [2.24, 2.45) is 4.99 Å². The Balaban J connectivity index is 1.70.